The molecule has 1 atom stereocenters. The Kier molecular flexibility index (Phi) is 8.49. The number of nitrogens with one attached hydrogen (secondary N) is 1. The summed E-state index contributed by atoms with van der Waals surface area (Å²) < 4.78 is 24.6. The molecule has 0 aliphatic carbocycles. The molecule has 8 heteroatoms. The number of piperidine rings is 1. The first-order chi connectivity index (χ1) is 16.1. The van der Waals surface area contributed by atoms with Crippen LogP contribution < -0.4 is 5.32 Å². The van der Waals surface area contributed by atoms with Gasteiger partial charge in [-0.2, -0.15) is 0 Å². The van der Waals surface area contributed by atoms with Crippen LogP contribution in [0.25, 0.3) is 0 Å². The Balaban J connectivity index is 1.57. The van der Waals surface area contributed by atoms with Crippen molar-refractivity contribution in [3.05, 3.63) is 71.8 Å². The van der Waals surface area contributed by atoms with E-state index in [9.17, 15) is 23.1 Å². The van der Waals surface area contributed by atoms with E-state index in [0.717, 1.165) is 38.0 Å². The van der Waals surface area contributed by atoms with Crippen LogP contribution in [0.1, 0.15) is 37.8 Å². The molecule has 34 heavy (non-hydrogen) atoms. The molecule has 0 bridgehead atoms. The molecule has 2 aromatic rings. The van der Waals surface area contributed by atoms with Gasteiger partial charge in [-0.05, 0) is 44.2 Å². The molecule has 0 aromatic heterocycles. The van der Waals surface area contributed by atoms with Crippen molar-refractivity contribution < 1.29 is 23.1 Å². The van der Waals surface area contributed by atoms with Crippen LogP contribution in [-0.2, 0) is 32.4 Å². The van der Waals surface area contributed by atoms with Crippen LogP contribution in [0.15, 0.2) is 60.7 Å². The molecule has 1 saturated heterocycles. The minimum Gasteiger partial charge on any atom is -0.481 e. The van der Waals surface area contributed by atoms with Crippen molar-refractivity contribution in [2.45, 2.75) is 50.4 Å². The molecule has 0 spiro atoms. The molecule has 1 heterocycles. The molecule has 1 unspecified atom stereocenters. The second kappa shape index (κ2) is 11.1. The first-order valence-electron chi connectivity index (χ1n) is 11.6. The summed E-state index contributed by atoms with van der Waals surface area (Å²) in [4.78, 5) is 27.1. The number of amides is 1. The van der Waals surface area contributed by atoms with Gasteiger partial charge in [0.2, 0.25) is 5.91 Å². The molecular weight excluding hydrogens is 452 g/mol. The van der Waals surface area contributed by atoms with Gasteiger partial charge < -0.3 is 10.4 Å². The van der Waals surface area contributed by atoms with Crippen LogP contribution >= 0.6 is 0 Å². The van der Waals surface area contributed by atoms with Gasteiger partial charge in [-0.1, -0.05) is 60.7 Å². The fraction of sp³-hybridized carbons (Fsp3) is 0.462. The first-order valence-corrected chi connectivity index (χ1v) is 13.3. The number of carbonyl (C=O) groups excluding carboxylic acids is 1. The van der Waals surface area contributed by atoms with Crippen molar-refractivity contribution >= 4 is 21.7 Å². The number of likely N-dealkylation sites (tertiary alicyclic amines) is 1. The van der Waals surface area contributed by atoms with Crippen molar-refractivity contribution in [3.8, 4) is 0 Å². The molecule has 3 rings (SSSR count). The Labute approximate surface area is 202 Å². The van der Waals surface area contributed by atoms with Gasteiger partial charge in [-0.25, -0.2) is 8.42 Å². The number of carboxylic acid groups (broad SMARTS) is 1. The van der Waals surface area contributed by atoms with Crippen molar-refractivity contribution in [1.29, 1.82) is 0 Å². The Morgan fingerprint density at radius 1 is 1.00 bits per heavy atom. The van der Waals surface area contributed by atoms with Crippen LogP contribution in [0.4, 0.5) is 0 Å². The highest BCUT2D eigenvalue weighted by atomic mass is 32.2. The minimum absolute atomic E-state index is 0.0903. The molecule has 0 radical (unpaired) electrons. The predicted molar refractivity (Wildman–Crippen MR) is 132 cm³/mol. The largest absolute Gasteiger partial charge is 0.481 e. The van der Waals surface area contributed by atoms with Crippen LogP contribution in [0, 0.1) is 5.92 Å². The summed E-state index contributed by atoms with van der Waals surface area (Å²) in [5.41, 5.74) is 1.98. The van der Waals surface area contributed by atoms with E-state index in [1.165, 1.54) is 19.4 Å². The summed E-state index contributed by atoms with van der Waals surface area (Å²) in [6.45, 7) is 5.20. The maximum Gasteiger partial charge on any atom is 0.307 e. The van der Waals surface area contributed by atoms with E-state index >= 15 is 0 Å². The maximum atomic E-state index is 13.2. The zero-order valence-corrected chi connectivity index (χ0v) is 20.6. The van der Waals surface area contributed by atoms with Crippen molar-refractivity contribution in [2.24, 2.45) is 5.92 Å². The van der Waals surface area contributed by atoms with Gasteiger partial charge in [0.05, 0.1) is 11.7 Å². The summed E-state index contributed by atoms with van der Waals surface area (Å²) in [5, 5.41) is 12.5. The SMILES string of the molecule is CC(C)(C(=O)NC1CCN(Cc2ccccc2)CC1)S(=O)(=O)CC(Cc1ccccc1)C(=O)O. The number of carboxylic acids is 1. The lowest BCUT2D eigenvalue weighted by atomic mass is 10.0. The topological polar surface area (TPSA) is 104 Å². The van der Waals surface area contributed by atoms with E-state index in [2.05, 4.69) is 22.3 Å². The third-order valence-electron chi connectivity index (χ3n) is 6.59. The third-order valence-corrected chi connectivity index (χ3v) is 9.17. The summed E-state index contributed by atoms with van der Waals surface area (Å²) in [6, 6.07) is 19.0. The lowest BCUT2D eigenvalue weighted by Gasteiger charge is -2.34. The highest BCUT2D eigenvalue weighted by Gasteiger charge is 2.44. The van der Waals surface area contributed by atoms with Gasteiger partial charge >= 0.3 is 5.97 Å². The van der Waals surface area contributed by atoms with Crippen LogP contribution in [0.3, 0.4) is 0 Å². The molecule has 0 saturated carbocycles. The lowest BCUT2D eigenvalue weighted by Crippen LogP contribution is -2.54. The van der Waals surface area contributed by atoms with E-state index in [0.29, 0.717) is 0 Å². The number of nitrogens with zero attached hydrogens (tertiary/aromatic N) is 1. The highest BCUT2D eigenvalue weighted by Crippen LogP contribution is 2.24. The highest BCUT2D eigenvalue weighted by molar-refractivity contribution is 7.93. The zero-order chi connectivity index (χ0) is 24.8. The Morgan fingerprint density at radius 3 is 2.06 bits per heavy atom. The summed E-state index contributed by atoms with van der Waals surface area (Å²) >= 11 is 0. The van der Waals surface area contributed by atoms with E-state index in [4.69, 9.17) is 0 Å². The summed E-state index contributed by atoms with van der Waals surface area (Å²) in [5.74, 6) is -3.47. The molecule has 7 nitrogen and oxygen atoms in total. The quantitative estimate of drug-likeness (QED) is 0.535. The molecular formula is C26H34N2O5S. The van der Waals surface area contributed by atoms with Gasteiger partial charge in [-0.15, -0.1) is 0 Å². The van der Waals surface area contributed by atoms with E-state index in [1.807, 2.05) is 24.3 Å². The minimum atomic E-state index is -4.03. The number of hydrogen-bond acceptors (Lipinski definition) is 5. The molecule has 184 valence electrons. The average molecular weight is 487 g/mol. The number of aliphatic carboxylic acids is 1. The molecule has 1 aliphatic rings. The van der Waals surface area contributed by atoms with Crippen molar-refractivity contribution in [2.75, 3.05) is 18.8 Å². The van der Waals surface area contributed by atoms with Crippen molar-refractivity contribution in [1.82, 2.24) is 10.2 Å². The molecule has 2 N–H and O–H groups in total. The van der Waals surface area contributed by atoms with E-state index in [-0.39, 0.29) is 12.5 Å². The summed E-state index contributed by atoms with van der Waals surface area (Å²) in [7, 11) is -4.03. The fourth-order valence-corrected chi connectivity index (χ4v) is 5.71. The zero-order valence-electron chi connectivity index (χ0n) is 19.8. The second-order valence-corrected chi connectivity index (χ2v) is 12.1. The lowest BCUT2D eigenvalue weighted by molar-refractivity contribution is -0.141. The van der Waals surface area contributed by atoms with E-state index < -0.39 is 38.1 Å². The Morgan fingerprint density at radius 2 is 1.53 bits per heavy atom. The maximum absolute atomic E-state index is 13.2. The normalized spacial score (nSPS) is 16.6. The smallest absolute Gasteiger partial charge is 0.307 e. The van der Waals surface area contributed by atoms with Crippen LogP contribution in [0.2, 0.25) is 0 Å². The van der Waals surface area contributed by atoms with Crippen molar-refractivity contribution in [3.63, 3.8) is 0 Å². The predicted octanol–water partition coefficient (Wildman–Crippen LogP) is 2.90. The Hall–Kier alpha value is -2.71. The number of carbonyl (C=O) groups is 2. The van der Waals surface area contributed by atoms with Gasteiger partial charge in [0.1, 0.15) is 4.75 Å². The summed E-state index contributed by atoms with van der Waals surface area (Å²) in [6.07, 6.45) is 1.56. The Bertz CT molecular complexity index is 1060. The monoisotopic (exact) mass is 486 g/mol. The van der Waals surface area contributed by atoms with Gasteiger partial charge in [0, 0.05) is 25.7 Å². The van der Waals surface area contributed by atoms with Crippen LogP contribution in [-0.4, -0.2) is 59.9 Å². The first kappa shape index (κ1) is 25.9. The average Bonchev–Trinajstić information content (AvgIpc) is 2.81. The van der Waals surface area contributed by atoms with Gasteiger partial charge in [-0.3, -0.25) is 14.5 Å². The fourth-order valence-electron chi connectivity index (χ4n) is 4.17. The number of hydrogen-bond donors (Lipinski definition) is 2. The molecule has 2 aromatic carbocycles. The standard InChI is InChI=1S/C26H34N2O5S/c1-26(2,34(32,33)19-22(24(29)30)17-20-9-5-3-6-10-20)25(31)27-23-13-15-28(16-14-23)18-21-11-7-4-8-12-21/h3-12,22-23H,13-19H2,1-2H3,(H,27,31)(H,29,30). The van der Waals surface area contributed by atoms with Crippen LogP contribution in [0.5, 0.6) is 0 Å². The number of sulfone groups is 1. The second-order valence-electron chi connectivity index (χ2n) is 9.53. The number of rotatable bonds is 10. The molecule has 1 amide bonds. The number of benzene rings is 2. The van der Waals surface area contributed by atoms with Gasteiger partial charge in [0.25, 0.3) is 0 Å². The van der Waals surface area contributed by atoms with Gasteiger partial charge in [0.15, 0.2) is 9.84 Å². The van der Waals surface area contributed by atoms with E-state index in [1.54, 1.807) is 24.3 Å². The molecule has 1 fully saturated rings. The third kappa shape index (κ3) is 6.67. The molecule has 1 aliphatic heterocycles.